The maximum Gasteiger partial charge on any atom is 0.261 e. The second-order valence-corrected chi connectivity index (χ2v) is 15.0. The van der Waals surface area contributed by atoms with Crippen LogP contribution in [-0.2, 0) is 0 Å². The number of fused-ring (bicyclic) bond motifs is 4. The van der Waals surface area contributed by atoms with Crippen LogP contribution in [0.15, 0.2) is 109 Å². The molecule has 0 aromatic heterocycles. The van der Waals surface area contributed by atoms with Crippen LogP contribution >= 0.6 is 0 Å². The first-order valence-corrected chi connectivity index (χ1v) is 18.4. The third-order valence-electron chi connectivity index (χ3n) is 12.4. The molecule has 3 heterocycles. The number of imide groups is 3. The van der Waals surface area contributed by atoms with E-state index in [0.29, 0.717) is 49.5 Å². The lowest BCUT2D eigenvalue weighted by Gasteiger charge is -2.26. The number of rotatable bonds is 0. The Balaban J connectivity index is 0.000000129. The summed E-state index contributed by atoms with van der Waals surface area (Å²) in [7, 11) is 3.03. The van der Waals surface area contributed by atoms with Crippen molar-refractivity contribution in [2.24, 2.45) is 0 Å². The van der Waals surface area contributed by atoms with Gasteiger partial charge in [0, 0.05) is 63.6 Å². The largest absolute Gasteiger partial charge is 0.288 e. The van der Waals surface area contributed by atoms with Gasteiger partial charge >= 0.3 is 0 Å². The first-order chi connectivity index (χ1) is 28.1. The Morgan fingerprint density at radius 3 is 0.965 bits per heavy atom. The van der Waals surface area contributed by atoms with Gasteiger partial charge < -0.3 is 0 Å². The summed E-state index contributed by atoms with van der Waals surface area (Å²) in [6.45, 7) is 0. The van der Waals surface area contributed by atoms with Crippen LogP contribution in [0, 0.1) is 0 Å². The topological polar surface area (TPSA) is 121 Å². The molecule has 13 rings (SSSR count). The fourth-order valence-electron chi connectivity index (χ4n) is 9.81. The molecule has 0 aliphatic carbocycles. The molecule has 9 heteroatoms. The fourth-order valence-corrected chi connectivity index (χ4v) is 9.81. The molecular weight excluding hydrogens is 715 g/mol. The van der Waals surface area contributed by atoms with Crippen molar-refractivity contribution in [3.05, 3.63) is 143 Å². The third kappa shape index (κ3) is 3.73. The van der Waals surface area contributed by atoms with Crippen molar-refractivity contribution in [3.8, 4) is 0 Å². The number of hydrogen-bond donors (Lipinski definition) is 1. The Bertz CT molecular complexity index is 3350. The molecule has 0 radical (unpaired) electrons. The molecule has 0 saturated carbocycles. The first-order valence-electron chi connectivity index (χ1n) is 18.9. The molecule has 0 fully saturated rings. The molecule has 9 nitrogen and oxygen atoms in total. The minimum absolute atomic E-state index is 0.233. The summed E-state index contributed by atoms with van der Waals surface area (Å²) in [4.78, 5) is 78.7. The Morgan fingerprint density at radius 1 is 0.351 bits per heavy atom. The molecule has 0 saturated heterocycles. The lowest BCUT2D eigenvalue weighted by Crippen LogP contribution is -2.36. The van der Waals surface area contributed by atoms with E-state index in [-0.39, 0.29) is 23.6 Å². The number of carbonyl (C=O) groups excluding carboxylic acids is 6. The SMILES string of the molecule is CN1C(=O)c2ccc3c4cccc5cccc(c6ccc(c2c36)C1=O)c54.[2H]N1C(=O)c2ccc3c4ccc5c6c(ccc(c7ccc(c2c37)C1=O)c64)C(=O)N(C)C5=O. The van der Waals surface area contributed by atoms with Crippen molar-refractivity contribution in [2.45, 2.75) is 0 Å². The van der Waals surface area contributed by atoms with Crippen molar-refractivity contribution < 1.29 is 30.2 Å². The van der Waals surface area contributed by atoms with Gasteiger partial charge in [0.25, 0.3) is 35.4 Å². The van der Waals surface area contributed by atoms with E-state index in [0.717, 1.165) is 69.5 Å². The third-order valence-corrected chi connectivity index (χ3v) is 12.4. The van der Waals surface area contributed by atoms with Gasteiger partial charge in [-0.1, -0.05) is 72.8 Å². The molecule has 3 aliphatic rings. The van der Waals surface area contributed by atoms with Gasteiger partial charge in [0.2, 0.25) is 0 Å². The van der Waals surface area contributed by atoms with E-state index in [1.54, 1.807) is 31.3 Å². The second kappa shape index (κ2) is 10.5. The predicted molar refractivity (Wildman–Crippen MR) is 220 cm³/mol. The van der Waals surface area contributed by atoms with Crippen LogP contribution in [0.3, 0.4) is 0 Å². The van der Waals surface area contributed by atoms with Gasteiger partial charge in [-0.3, -0.25) is 43.9 Å². The van der Waals surface area contributed by atoms with E-state index >= 15 is 0 Å². The number of amides is 6. The van der Waals surface area contributed by atoms with Crippen LogP contribution < -0.4 is 5.31 Å². The maximum absolute atomic E-state index is 12.8. The van der Waals surface area contributed by atoms with Crippen LogP contribution in [0.2, 0.25) is 1.41 Å². The molecule has 3 aliphatic heterocycles. The van der Waals surface area contributed by atoms with E-state index < -0.39 is 11.8 Å². The summed E-state index contributed by atoms with van der Waals surface area (Å²) < 4.78 is 7.85. The minimum atomic E-state index is -0.651. The molecule has 10 aromatic carbocycles. The second-order valence-electron chi connectivity index (χ2n) is 15.0. The smallest absolute Gasteiger partial charge is 0.261 e. The molecule has 10 aromatic rings. The van der Waals surface area contributed by atoms with E-state index in [1.165, 1.54) is 22.7 Å². The lowest BCUT2D eigenvalue weighted by molar-refractivity contribution is 0.0635. The molecular formula is C48H25N3O6. The lowest BCUT2D eigenvalue weighted by atomic mass is 9.82. The number of carbonyl (C=O) groups is 6. The van der Waals surface area contributed by atoms with Gasteiger partial charge in [-0.25, -0.2) is 0 Å². The standard InChI is InChI=1S/C25H12N2O4.C23H13NO2/c1-27-24(30)16-8-4-12-10-2-6-14-20-15(23(29)26-22(14)28)7-3-11(18(10)20)13-5-9-17(25(27)31)21(16)19(12)13;1-24-22(25)17-10-8-15-13-6-2-4-12-5-3-7-14(19(12)13)16-9-11-18(23(24)26)21(17)20(15)16/h2-9H,1H3,(H,26,28,29);2-11H,1H3/i/hD. The number of benzene rings is 10. The van der Waals surface area contributed by atoms with Crippen molar-refractivity contribution in [3.63, 3.8) is 0 Å². The Kier molecular flexibility index (Phi) is 5.62. The van der Waals surface area contributed by atoms with Crippen LogP contribution in [-0.4, -0.2) is 59.3 Å². The highest BCUT2D eigenvalue weighted by Gasteiger charge is 2.34. The molecule has 57 heavy (non-hydrogen) atoms. The summed E-state index contributed by atoms with van der Waals surface area (Å²) in [6.07, 6.45) is 0. The average Bonchev–Trinajstić information content (AvgIpc) is 3.25. The highest BCUT2D eigenvalue weighted by molar-refractivity contribution is 6.42. The van der Waals surface area contributed by atoms with Gasteiger partial charge in [0.1, 0.15) is 0 Å². The zero-order chi connectivity index (χ0) is 39.6. The van der Waals surface area contributed by atoms with Crippen LogP contribution in [0.4, 0.5) is 0 Å². The normalized spacial score (nSPS) is 15.5. The van der Waals surface area contributed by atoms with Crippen LogP contribution in [0.5, 0.6) is 0 Å². The Labute approximate surface area is 322 Å². The molecule has 0 bridgehead atoms. The fraction of sp³-hybridized carbons (Fsp3) is 0.0417. The van der Waals surface area contributed by atoms with E-state index in [2.05, 4.69) is 36.4 Å². The summed E-state index contributed by atoms with van der Waals surface area (Å²) in [5, 5.41) is 15.3. The van der Waals surface area contributed by atoms with Crippen molar-refractivity contribution >= 4 is 122 Å². The van der Waals surface area contributed by atoms with Crippen molar-refractivity contribution in [2.75, 3.05) is 14.1 Å². The highest BCUT2D eigenvalue weighted by Crippen LogP contribution is 2.46. The Morgan fingerprint density at radius 2 is 0.632 bits per heavy atom. The van der Waals surface area contributed by atoms with E-state index in [1.807, 2.05) is 48.5 Å². The van der Waals surface area contributed by atoms with Gasteiger partial charge in [0.05, 0.1) is 0 Å². The summed E-state index contributed by atoms with van der Waals surface area (Å²) in [6, 6.07) is 34.5. The minimum Gasteiger partial charge on any atom is -0.288 e. The molecule has 268 valence electrons. The highest BCUT2D eigenvalue weighted by atomic mass is 16.2. The van der Waals surface area contributed by atoms with E-state index in [4.69, 9.17) is 1.41 Å². The number of hydrogen-bond acceptors (Lipinski definition) is 6. The maximum atomic E-state index is 12.8. The molecule has 0 unspecified atom stereocenters. The number of nitrogens with one attached hydrogen (secondary N) is 1. The molecule has 0 spiro atoms. The van der Waals surface area contributed by atoms with Crippen molar-refractivity contribution in [1.82, 2.24) is 15.1 Å². The van der Waals surface area contributed by atoms with E-state index in [9.17, 15) is 28.8 Å². The molecule has 0 atom stereocenters. The van der Waals surface area contributed by atoms with Crippen LogP contribution in [0.25, 0.3) is 86.2 Å². The first kappa shape index (κ1) is 30.5. The van der Waals surface area contributed by atoms with Gasteiger partial charge in [-0.15, -0.1) is 0 Å². The quantitative estimate of drug-likeness (QED) is 0.0943. The molecule has 1 N–H and O–H groups in total. The number of nitrogens with zero attached hydrogens (tertiary/aromatic N) is 2. The Hall–Kier alpha value is -7.78. The van der Waals surface area contributed by atoms with Crippen LogP contribution in [0.1, 0.15) is 62.1 Å². The summed E-state index contributed by atoms with van der Waals surface area (Å²) in [5.41, 5.74) is 2.80. The van der Waals surface area contributed by atoms with Gasteiger partial charge in [-0.05, 0) is 106 Å². The predicted octanol–water partition coefficient (Wildman–Crippen LogP) is 8.81. The average molecular weight is 741 g/mol. The zero-order valence-corrected chi connectivity index (χ0v) is 30.2. The van der Waals surface area contributed by atoms with Crippen molar-refractivity contribution in [1.29, 1.82) is 0 Å². The summed E-state index contributed by atoms with van der Waals surface area (Å²) >= 11 is 0. The zero-order valence-electron chi connectivity index (χ0n) is 31.2. The van der Waals surface area contributed by atoms with Gasteiger partial charge in [-0.2, -0.15) is 0 Å². The molecule has 6 amide bonds. The summed E-state index contributed by atoms with van der Waals surface area (Å²) in [5.74, 6) is -2.45. The van der Waals surface area contributed by atoms with Gasteiger partial charge in [0.15, 0.2) is 1.41 Å². The monoisotopic (exact) mass is 740 g/mol.